The van der Waals surface area contributed by atoms with Crippen molar-refractivity contribution >= 4 is 11.8 Å². The number of rotatable bonds is 3. The Balaban J connectivity index is 2.04. The average Bonchev–Trinajstić information content (AvgIpc) is 2.46. The molecule has 0 bridgehead atoms. The van der Waals surface area contributed by atoms with Crippen LogP contribution in [0.1, 0.15) is 33.6 Å². The molecule has 0 N–H and O–H groups in total. The molecule has 116 valence electrons. The number of carbonyl (C=O) groups is 1. The first-order valence-electron chi connectivity index (χ1n) is 7.23. The molecule has 21 heavy (non-hydrogen) atoms. The Labute approximate surface area is 125 Å². The SMILES string of the molecule is COc1cc(N2CCCC(C(=O)OC(C)(C)C)C2)ncn1. The minimum Gasteiger partial charge on any atom is -0.481 e. The Bertz CT molecular complexity index is 499. The maximum Gasteiger partial charge on any atom is 0.311 e. The Hall–Kier alpha value is -1.85. The van der Waals surface area contributed by atoms with E-state index in [0.717, 1.165) is 25.2 Å². The van der Waals surface area contributed by atoms with Gasteiger partial charge in [-0.05, 0) is 33.6 Å². The summed E-state index contributed by atoms with van der Waals surface area (Å²) in [5, 5.41) is 0. The third kappa shape index (κ3) is 4.31. The Morgan fingerprint density at radius 2 is 2.14 bits per heavy atom. The average molecular weight is 293 g/mol. The van der Waals surface area contributed by atoms with E-state index < -0.39 is 5.60 Å². The van der Waals surface area contributed by atoms with Crippen LogP contribution in [-0.4, -0.2) is 41.7 Å². The number of anilines is 1. The van der Waals surface area contributed by atoms with Gasteiger partial charge in [-0.2, -0.15) is 0 Å². The van der Waals surface area contributed by atoms with Gasteiger partial charge >= 0.3 is 5.97 Å². The van der Waals surface area contributed by atoms with Crippen molar-refractivity contribution in [3.05, 3.63) is 12.4 Å². The van der Waals surface area contributed by atoms with Gasteiger partial charge in [0.05, 0.1) is 13.0 Å². The monoisotopic (exact) mass is 293 g/mol. The van der Waals surface area contributed by atoms with Gasteiger partial charge in [-0.1, -0.05) is 0 Å². The molecule has 0 aliphatic carbocycles. The molecule has 1 saturated heterocycles. The van der Waals surface area contributed by atoms with Crippen LogP contribution in [0.5, 0.6) is 5.88 Å². The molecule has 1 unspecified atom stereocenters. The lowest BCUT2D eigenvalue weighted by Gasteiger charge is -2.33. The molecular weight excluding hydrogens is 270 g/mol. The van der Waals surface area contributed by atoms with Crippen LogP contribution >= 0.6 is 0 Å². The van der Waals surface area contributed by atoms with E-state index in [1.165, 1.54) is 6.33 Å². The smallest absolute Gasteiger partial charge is 0.311 e. The molecule has 2 heterocycles. The standard InChI is InChI=1S/C15H23N3O3/c1-15(2,3)21-14(19)11-6-5-7-18(9-11)12-8-13(20-4)17-10-16-12/h8,10-11H,5-7,9H2,1-4H3. The minimum atomic E-state index is -0.447. The van der Waals surface area contributed by atoms with E-state index in [1.54, 1.807) is 13.2 Å². The van der Waals surface area contributed by atoms with E-state index in [4.69, 9.17) is 9.47 Å². The Kier molecular flexibility index (Phi) is 4.65. The maximum atomic E-state index is 12.2. The van der Waals surface area contributed by atoms with Gasteiger partial charge in [-0.3, -0.25) is 4.79 Å². The van der Waals surface area contributed by atoms with Crippen molar-refractivity contribution in [1.29, 1.82) is 0 Å². The van der Waals surface area contributed by atoms with Gasteiger partial charge in [0.15, 0.2) is 0 Å². The van der Waals surface area contributed by atoms with E-state index in [9.17, 15) is 4.79 Å². The summed E-state index contributed by atoms with van der Waals surface area (Å²) in [6, 6.07) is 1.79. The lowest BCUT2D eigenvalue weighted by Crippen LogP contribution is -2.41. The summed E-state index contributed by atoms with van der Waals surface area (Å²) < 4.78 is 10.6. The molecule has 1 atom stereocenters. The number of hydrogen-bond acceptors (Lipinski definition) is 6. The summed E-state index contributed by atoms with van der Waals surface area (Å²) in [6.07, 6.45) is 3.27. The van der Waals surface area contributed by atoms with Crippen LogP contribution in [-0.2, 0) is 9.53 Å². The number of methoxy groups -OCH3 is 1. The number of esters is 1. The van der Waals surface area contributed by atoms with E-state index in [2.05, 4.69) is 14.9 Å². The molecular formula is C15H23N3O3. The molecule has 1 fully saturated rings. The molecule has 0 spiro atoms. The number of carbonyl (C=O) groups excluding carboxylic acids is 1. The van der Waals surface area contributed by atoms with Crippen LogP contribution in [0.4, 0.5) is 5.82 Å². The number of aromatic nitrogens is 2. The summed E-state index contributed by atoms with van der Waals surface area (Å²) in [5.41, 5.74) is -0.447. The molecule has 1 aromatic heterocycles. The summed E-state index contributed by atoms with van der Waals surface area (Å²) in [4.78, 5) is 22.6. The third-order valence-electron chi connectivity index (χ3n) is 3.32. The van der Waals surface area contributed by atoms with Crippen molar-refractivity contribution in [3.8, 4) is 5.88 Å². The Morgan fingerprint density at radius 3 is 2.81 bits per heavy atom. The van der Waals surface area contributed by atoms with Crippen molar-refractivity contribution in [3.63, 3.8) is 0 Å². The molecule has 0 radical (unpaired) electrons. The third-order valence-corrected chi connectivity index (χ3v) is 3.32. The highest BCUT2D eigenvalue weighted by Crippen LogP contribution is 2.25. The van der Waals surface area contributed by atoms with Crippen molar-refractivity contribution in [1.82, 2.24) is 9.97 Å². The first-order valence-corrected chi connectivity index (χ1v) is 7.23. The quantitative estimate of drug-likeness (QED) is 0.795. The molecule has 2 rings (SSSR count). The van der Waals surface area contributed by atoms with Gasteiger partial charge in [0, 0.05) is 19.2 Å². The molecule has 0 saturated carbocycles. The van der Waals surface area contributed by atoms with Crippen molar-refractivity contribution < 1.29 is 14.3 Å². The number of hydrogen-bond donors (Lipinski definition) is 0. The molecule has 6 heteroatoms. The van der Waals surface area contributed by atoms with Crippen LogP contribution in [0, 0.1) is 5.92 Å². The maximum absolute atomic E-state index is 12.2. The van der Waals surface area contributed by atoms with Crippen molar-refractivity contribution in [2.24, 2.45) is 5.92 Å². The van der Waals surface area contributed by atoms with E-state index in [-0.39, 0.29) is 11.9 Å². The second-order valence-corrected chi connectivity index (χ2v) is 6.24. The first-order chi connectivity index (χ1) is 9.89. The predicted octanol–water partition coefficient (Wildman–Crippen LogP) is 2.04. The van der Waals surface area contributed by atoms with Crippen molar-refractivity contribution in [2.45, 2.75) is 39.2 Å². The van der Waals surface area contributed by atoms with E-state index >= 15 is 0 Å². The van der Waals surface area contributed by atoms with Gasteiger partial charge in [0.25, 0.3) is 0 Å². The summed E-state index contributed by atoms with van der Waals surface area (Å²) >= 11 is 0. The second-order valence-electron chi connectivity index (χ2n) is 6.24. The number of nitrogens with zero attached hydrogens (tertiary/aromatic N) is 3. The van der Waals surface area contributed by atoms with Gasteiger partial charge < -0.3 is 14.4 Å². The normalized spacial score (nSPS) is 19.2. The second kappa shape index (κ2) is 6.28. The number of piperidine rings is 1. The first kappa shape index (κ1) is 15.5. The minimum absolute atomic E-state index is 0.112. The molecule has 1 aliphatic rings. The highest BCUT2D eigenvalue weighted by atomic mass is 16.6. The van der Waals surface area contributed by atoms with Gasteiger partial charge in [0.2, 0.25) is 5.88 Å². The van der Waals surface area contributed by atoms with Gasteiger partial charge in [-0.25, -0.2) is 9.97 Å². The van der Waals surface area contributed by atoms with Crippen LogP contribution in [0.3, 0.4) is 0 Å². The molecule has 0 aromatic carbocycles. The largest absolute Gasteiger partial charge is 0.481 e. The lowest BCUT2D eigenvalue weighted by molar-refractivity contribution is -0.160. The lowest BCUT2D eigenvalue weighted by atomic mass is 9.98. The fourth-order valence-corrected chi connectivity index (χ4v) is 2.38. The van der Waals surface area contributed by atoms with Crippen LogP contribution in [0.25, 0.3) is 0 Å². The fourth-order valence-electron chi connectivity index (χ4n) is 2.38. The zero-order valence-corrected chi connectivity index (χ0v) is 13.1. The summed E-state index contributed by atoms with van der Waals surface area (Å²) in [5.74, 6) is 1.07. The predicted molar refractivity (Wildman–Crippen MR) is 79.4 cm³/mol. The zero-order valence-electron chi connectivity index (χ0n) is 13.1. The van der Waals surface area contributed by atoms with Crippen LogP contribution < -0.4 is 9.64 Å². The Morgan fingerprint density at radius 1 is 1.38 bits per heavy atom. The van der Waals surface area contributed by atoms with Crippen LogP contribution in [0.2, 0.25) is 0 Å². The van der Waals surface area contributed by atoms with Gasteiger partial charge in [-0.15, -0.1) is 0 Å². The summed E-state index contributed by atoms with van der Waals surface area (Å²) in [7, 11) is 1.58. The van der Waals surface area contributed by atoms with Gasteiger partial charge in [0.1, 0.15) is 17.7 Å². The van der Waals surface area contributed by atoms with E-state index in [1.807, 2.05) is 20.8 Å². The highest BCUT2D eigenvalue weighted by Gasteiger charge is 2.30. The van der Waals surface area contributed by atoms with Crippen LogP contribution in [0.15, 0.2) is 12.4 Å². The molecule has 1 aliphatic heterocycles. The molecule has 1 aromatic rings. The molecule has 6 nitrogen and oxygen atoms in total. The topological polar surface area (TPSA) is 64.5 Å². The summed E-state index contributed by atoms with van der Waals surface area (Å²) in [6.45, 7) is 7.16. The highest BCUT2D eigenvalue weighted by molar-refractivity contribution is 5.74. The van der Waals surface area contributed by atoms with E-state index in [0.29, 0.717) is 12.4 Å². The fraction of sp³-hybridized carbons (Fsp3) is 0.667. The molecule has 0 amide bonds. The van der Waals surface area contributed by atoms with Crippen molar-refractivity contribution in [2.75, 3.05) is 25.1 Å². The zero-order chi connectivity index (χ0) is 15.5. The number of ether oxygens (including phenoxy) is 2.